The number of nitrogens with zero attached hydrogens (tertiary/aromatic N) is 5. The van der Waals surface area contributed by atoms with Gasteiger partial charge in [0.1, 0.15) is 0 Å². The highest BCUT2D eigenvalue weighted by atomic mass is 35.5. The quantitative estimate of drug-likeness (QED) is 0.262. The lowest BCUT2D eigenvalue weighted by Crippen LogP contribution is -2.39. The molecule has 31 heavy (non-hydrogen) atoms. The molecule has 0 spiro atoms. The van der Waals surface area contributed by atoms with Gasteiger partial charge in [-0.05, 0) is 23.8 Å². The van der Waals surface area contributed by atoms with Crippen molar-refractivity contribution in [1.29, 1.82) is 0 Å². The Morgan fingerprint density at radius 2 is 1.94 bits per heavy atom. The minimum atomic E-state index is -0.569. The van der Waals surface area contributed by atoms with Crippen molar-refractivity contribution < 1.29 is 4.92 Å². The van der Waals surface area contributed by atoms with Gasteiger partial charge in [-0.1, -0.05) is 35.9 Å². The van der Waals surface area contributed by atoms with E-state index in [0.29, 0.717) is 16.3 Å². The van der Waals surface area contributed by atoms with Crippen LogP contribution in [-0.4, -0.2) is 23.6 Å². The first kappa shape index (κ1) is 20.3. The molecule has 0 fully saturated rings. The maximum absolute atomic E-state index is 13.1. The Hall–Kier alpha value is -3.98. The zero-order valence-electron chi connectivity index (χ0n) is 16.1. The van der Waals surface area contributed by atoms with Gasteiger partial charge in [-0.25, -0.2) is 14.3 Å². The zero-order chi connectivity index (χ0) is 22.1. The summed E-state index contributed by atoms with van der Waals surface area (Å²) in [6.45, 7) is 3.80. The fourth-order valence-corrected chi connectivity index (χ4v) is 3.59. The van der Waals surface area contributed by atoms with E-state index in [9.17, 15) is 19.7 Å². The molecule has 0 saturated carbocycles. The van der Waals surface area contributed by atoms with Gasteiger partial charge >= 0.3 is 5.69 Å². The smallest absolute Gasteiger partial charge is 0.320 e. The number of non-ortho nitro benzene ring substituents is 1. The first-order valence-electron chi connectivity index (χ1n) is 9.21. The van der Waals surface area contributed by atoms with Crippen molar-refractivity contribution >= 4 is 28.5 Å². The summed E-state index contributed by atoms with van der Waals surface area (Å²) in [6, 6.07) is 12.8. The largest absolute Gasteiger partial charge is 0.337 e. The molecule has 0 aliphatic carbocycles. The van der Waals surface area contributed by atoms with Crippen LogP contribution in [-0.2, 0) is 13.1 Å². The molecular formula is C21H16ClN5O4. The number of hydrogen-bond acceptors (Lipinski definition) is 5. The summed E-state index contributed by atoms with van der Waals surface area (Å²) in [4.78, 5) is 41.2. The second-order valence-electron chi connectivity index (χ2n) is 6.77. The van der Waals surface area contributed by atoms with Crippen LogP contribution in [0.15, 0.2) is 77.1 Å². The zero-order valence-corrected chi connectivity index (χ0v) is 16.9. The van der Waals surface area contributed by atoms with Crippen molar-refractivity contribution in [2.24, 2.45) is 0 Å². The number of benzene rings is 2. The van der Waals surface area contributed by atoms with Crippen LogP contribution < -0.4 is 11.2 Å². The fourth-order valence-electron chi connectivity index (χ4n) is 3.40. The van der Waals surface area contributed by atoms with Crippen molar-refractivity contribution in [3.63, 3.8) is 0 Å². The molecule has 4 rings (SSSR count). The van der Waals surface area contributed by atoms with E-state index in [1.807, 2.05) is 0 Å². The third-order valence-corrected chi connectivity index (χ3v) is 4.99. The second kappa shape index (κ2) is 8.04. The van der Waals surface area contributed by atoms with E-state index in [1.165, 1.54) is 29.1 Å². The molecule has 4 aromatic rings. The molecule has 2 aromatic carbocycles. The van der Waals surface area contributed by atoms with E-state index in [2.05, 4.69) is 11.6 Å². The van der Waals surface area contributed by atoms with Crippen molar-refractivity contribution in [1.82, 2.24) is 18.7 Å². The number of allylic oxidation sites excluding steroid dienone is 1. The maximum atomic E-state index is 13.1. The number of rotatable bonds is 6. The van der Waals surface area contributed by atoms with Crippen molar-refractivity contribution in [3.05, 3.63) is 109 Å². The number of halogens is 1. The first-order valence-corrected chi connectivity index (χ1v) is 9.59. The summed E-state index contributed by atoms with van der Waals surface area (Å²) < 4.78 is 3.94. The van der Waals surface area contributed by atoms with E-state index in [4.69, 9.17) is 11.6 Å². The molecule has 2 heterocycles. The summed E-state index contributed by atoms with van der Waals surface area (Å²) in [5.74, 6) is 0. The fraction of sp³-hybridized carbons (Fsp3) is 0.0952. The van der Waals surface area contributed by atoms with Crippen LogP contribution in [0.2, 0.25) is 5.02 Å². The number of nitro benzene ring substituents is 1. The van der Waals surface area contributed by atoms with Gasteiger partial charge in [-0.15, -0.1) is 6.58 Å². The average molecular weight is 438 g/mol. The lowest BCUT2D eigenvalue weighted by atomic mass is 10.2. The third kappa shape index (κ3) is 3.66. The topological polar surface area (TPSA) is 105 Å². The van der Waals surface area contributed by atoms with Gasteiger partial charge in [-0.3, -0.25) is 19.5 Å². The molecule has 0 amide bonds. The van der Waals surface area contributed by atoms with Gasteiger partial charge in [-0.2, -0.15) is 0 Å². The van der Waals surface area contributed by atoms with E-state index in [-0.39, 0.29) is 29.9 Å². The molecule has 2 aromatic heterocycles. The van der Waals surface area contributed by atoms with Gasteiger partial charge in [0, 0.05) is 30.2 Å². The van der Waals surface area contributed by atoms with Gasteiger partial charge in [0.15, 0.2) is 11.2 Å². The molecule has 156 valence electrons. The minimum Gasteiger partial charge on any atom is -0.320 e. The Morgan fingerprint density at radius 3 is 2.65 bits per heavy atom. The number of fused-ring (bicyclic) bond motifs is 1. The van der Waals surface area contributed by atoms with Crippen LogP contribution in [0.1, 0.15) is 5.56 Å². The lowest BCUT2D eigenvalue weighted by molar-refractivity contribution is -0.384. The molecule has 0 aliphatic rings. The summed E-state index contributed by atoms with van der Waals surface area (Å²) in [5, 5.41) is 11.5. The molecule has 9 nitrogen and oxygen atoms in total. The summed E-state index contributed by atoms with van der Waals surface area (Å²) >= 11 is 6.10. The first-order chi connectivity index (χ1) is 14.9. The summed E-state index contributed by atoms with van der Waals surface area (Å²) in [6.07, 6.45) is 2.89. The predicted octanol–water partition coefficient (Wildman–Crippen LogP) is 3.14. The SMILES string of the molecule is C=CCn1c(=O)c2c(ncn2Cc2cccc([N+](=O)[O-])c2)n(-c2cccc(Cl)c2)c1=O. The van der Waals surface area contributed by atoms with Gasteiger partial charge in [0.2, 0.25) is 0 Å². The monoisotopic (exact) mass is 437 g/mol. The Labute approximate surface area is 180 Å². The predicted molar refractivity (Wildman–Crippen MR) is 117 cm³/mol. The average Bonchev–Trinajstić information content (AvgIpc) is 3.14. The van der Waals surface area contributed by atoms with E-state index in [0.717, 1.165) is 4.57 Å². The van der Waals surface area contributed by atoms with Crippen LogP contribution in [0.25, 0.3) is 16.9 Å². The highest BCUT2D eigenvalue weighted by Gasteiger charge is 2.19. The van der Waals surface area contributed by atoms with Crippen LogP contribution in [0.3, 0.4) is 0 Å². The molecular weight excluding hydrogens is 422 g/mol. The summed E-state index contributed by atoms with van der Waals surface area (Å²) in [7, 11) is 0. The number of imidazole rings is 1. The van der Waals surface area contributed by atoms with Crippen LogP contribution in [0.4, 0.5) is 5.69 Å². The Balaban J connectivity index is 1.97. The van der Waals surface area contributed by atoms with Crippen LogP contribution in [0.5, 0.6) is 0 Å². The second-order valence-corrected chi connectivity index (χ2v) is 7.21. The molecule has 0 saturated heterocycles. The molecule has 0 unspecified atom stereocenters. The lowest BCUT2D eigenvalue weighted by Gasteiger charge is -2.12. The minimum absolute atomic E-state index is 0.0101. The number of hydrogen-bond donors (Lipinski definition) is 0. The molecule has 0 atom stereocenters. The molecule has 10 heteroatoms. The highest BCUT2D eigenvalue weighted by molar-refractivity contribution is 6.30. The number of nitro groups is 1. The molecule has 0 bridgehead atoms. The van der Waals surface area contributed by atoms with Crippen LogP contribution >= 0.6 is 11.6 Å². The van der Waals surface area contributed by atoms with E-state index < -0.39 is 16.2 Å². The third-order valence-electron chi connectivity index (χ3n) is 4.75. The van der Waals surface area contributed by atoms with Gasteiger partial charge in [0.05, 0.1) is 16.9 Å². The van der Waals surface area contributed by atoms with Crippen LogP contribution in [0, 0.1) is 10.1 Å². The van der Waals surface area contributed by atoms with Crippen molar-refractivity contribution in [2.45, 2.75) is 13.1 Å². The normalized spacial score (nSPS) is 11.0. The molecule has 0 radical (unpaired) electrons. The number of aromatic nitrogens is 4. The molecule has 0 N–H and O–H groups in total. The Bertz CT molecular complexity index is 1450. The standard InChI is InChI=1S/C21H16ClN5O4/c1-2-9-25-20(28)18-19(26(21(25)29)16-7-4-6-15(22)11-16)23-13-24(18)12-14-5-3-8-17(10-14)27(30)31/h2-8,10-11,13H,1,9,12H2. The van der Waals surface area contributed by atoms with Gasteiger partial charge in [0.25, 0.3) is 11.2 Å². The van der Waals surface area contributed by atoms with E-state index >= 15 is 0 Å². The highest BCUT2D eigenvalue weighted by Crippen LogP contribution is 2.19. The van der Waals surface area contributed by atoms with E-state index in [1.54, 1.807) is 41.0 Å². The van der Waals surface area contributed by atoms with Gasteiger partial charge < -0.3 is 4.57 Å². The molecule has 0 aliphatic heterocycles. The Morgan fingerprint density at radius 1 is 1.16 bits per heavy atom. The Kier molecular flexibility index (Phi) is 5.26. The maximum Gasteiger partial charge on any atom is 0.337 e. The summed E-state index contributed by atoms with van der Waals surface area (Å²) in [5.41, 5.74) is 0.281. The van der Waals surface area contributed by atoms with Crippen molar-refractivity contribution in [2.75, 3.05) is 0 Å². The van der Waals surface area contributed by atoms with Crippen molar-refractivity contribution in [3.8, 4) is 5.69 Å².